The minimum absolute atomic E-state index is 0.0916. The molecule has 0 saturated heterocycles. The second-order valence-electron chi connectivity index (χ2n) is 14.4. The minimum Gasteiger partial charge on any atom is -0.507 e. The number of anilines is 3. The van der Waals surface area contributed by atoms with Gasteiger partial charge in [0.1, 0.15) is 5.75 Å². The van der Waals surface area contributed by atoms with Gasteiger partial charge in [0.25, 0.3) is 0 Å². The Bertz CT molecular complexity index is 2500. The van der Waals surface area contributed by atoms with Gasteiger partial charge in [-0.1, -0.05) is 128 Å². The molecule has 0 heterocycles. The average molecular weight is 706 g/mol. The molecule has 0 bridgehead atoms. The van der Waals surface area contributed by atoms with Crippen molar-refractivity contribution < 1.29 is 15.3 Å². The van der Waals surface area contributed by atoms with Crippen molar-refractivity contribution in [3.05, 3.63) is 173 Å². The fourth-order valence-electron chi connectivity index (χ4n) is 7.99. The Hall–Kier alpha value is -6.52. The van der Waals surface area contributed by atoms with E-state index in [1.165, 1.54) is 38.9 Å². The minimum atomic E-state index is -0.376. The maximum atomic E-state index is 11.8. The SMILES string of the molecule is Cc1ccccc1-c1cc(-c2ccc(N(c3ccc(-c4cccc5c4C(C)CC=C5)cc3)c3c(C)c(O)c(-c4ccccc4)c(O)c3O)cc2)ccc1C. The summed E-state index contributed by atoms with van der Waals surface area (Å²) in [7, 11) is 0. The number of hydrogen-bond donors (Lipinski definition) is 3. The number of nitrogens with zero attached hydrogens (tertiary/aromatic N) is 1. The van der Waals surface area contributed by atoms with E-state index >= 15 is 0 Å². The van der Waals surface area contributed by atoms with Crippen molar-refractivity contribution in [2.24, 2.45) is 0 Å². The van der Waals surface area contributed by atoms with E-state index < -0.39 is 0 Å². The molecule has 1 unspecified atom stereocenters. The van der Waals surface area contributed by atoms with Crippen LogP contribution in [-0.4, -0.2) is 15.3 Å². The zero-order valence-corrected chi connectivity index (χ0v) is 31.0. The van der Waals surface area contributed by atoms with Crippen molar-refractivity contribution in [3.8, 4) is 61.8 Å². The smallest absolute Gasteiger partial charge is 0.183 e. The first kappa shape index (κ1) is 34.6. The summed E-state index contributed by atoms with van der Waals surface area (Å²) in [5.41, 5.74) is 15.0. The molecule has 1 aliphatic rings. The van der Waals surface area contributed by atoms with Crippen molar-refractivity contribution >= 4 is 23.1 Å². The highest BCUT2D eigenvalue weighted by molar-refractivity contribution is 5.93. The molecule has 1 aliphatic carbocycles. The Morgan fingerprint density at radius 2 is 1.13 bits per heavy atom. The van der Waals surface area contributed by atoms with Gasteiger partial charge in [-0.15, -0.1) is 0 Å². The molecule has 8 rings (SSSR count). The van der Waals surface area contributed by atoms with Crippen molar-refractivity contribution in [1.29, 1.82) is 0 Å². The molecule has 0 amide bonds. The Morgan fingerprint density at radius 3 is 1.83 bits per heavy atom. The van der Waals surface area contributed by atoms with Gasteiger partial charge in [-0.3, -0.25) is 0 Å². The lowest BCUT2D eigenvalue weighted by Gasteiger charge is -2.30. The van der Waals surface area contributed by atoms with Gasteiger partial charge < -0.3 is 20.2 Å². The van der Waals surface area contributed by atoms with Gasteiger partial charge in [0.2, 0.25) is 0 Å². The summed E-state index contributed by atoms with van der Waals surface area (Å²) in [6.45, 7) is 8.33. The Kier molecular flexibility index (Phi) is 9.04. The van der Waals surface area contributed by atoms with Crippen LogP contribution in [-0.2, 0) is 0 Å². The van der Waals surface area contributed by atoms with Crippen LogP contribution in [0.15, 0.2) is 146 Å². The van der Waals surface area contributed by atoms with Crippen molar-refractivity contribution in [2.45, 2.75) is 40.0 Å². The molecule has 0 fully saturated rings. The van der Waals surface area contributed by atoms with Crippen LogP contribution in [0.1, 0.15) is 47.1 Å². The average Bonchev–Trinajstić information content (AvgIpc) is 3.20. The van der Waals surface area contributed by atoms with Crippen LogP contribution in [0.3, 0.4) is 0 Å². The maximum Gasteiger partial charge on any atom is 0.183 e. The monoisotopic (exact) mass is 705 g/mol. The number of aryl methyl sites for hydroxylation is 2. The fraction of sp³-hybridized carbons (Fsp3) is 0.120. The number of phenolic OH excluding ortho intramolecular Hbond substituents is 3. The second-order valence-corrected chi connectivity index (χ2v) is 14.4. The molecule has 0 aliphatic heterocycles. The summed E-state index contributed by atoms with van der Waals surface area (Å²) >= 11 is 0. The molecule has 4 heteroatoms. The van der Waals surface area contributed by atoms with Crippen LogP contribution >= 0.6 is 0 Å². The number of allylic oxidation sites excluding steroid dienone is 1. The Balaban J connectivity index is 1.25. The standard InChI is InChI=1S/C50H43NO3/c1-31-12-8-9-18-42(31)44-30-39(21-20-32(44)2)35-22-26-40(27-23-35)51(47-34(4)48(52)46(49(53)50(47)54)38-14-6-5-7-15-38)41-28-24-36(25-29-41)43-19-11-17-37-16-10-13-33(3)45(37)43/h5-12,14-30,33,52-54H,13H2,1-4H3. The third-order valence-electron chi connectivity index (χ3n) is 10.9. The van der Waals surface area contributed by atoms with E-state index in [0.29, 0.717) is 22.7 Å². The van der Waals surface area contributed by atoms with E-state index in [-0.39, 0.29) is 22.8 Å². The highest BCUT2D eigenvalue weighted by atomic mass is 16.3. The van der Waals surface area contributed by atoms with Gasteiger partial charge in [-0.25, -0.2) is 0 Å². The Morgan fingerprint density at radius 1 is 0.519 bits per heavy atom. The van der Waals surface area contributed by atoms with Crippen molar-refractivity contribution in [2.75, 3.05) is 4.90 Å². The lowest BCUT2D eigenvalue weighted by atomic mass is 9.83. The third kappa shape index (κ3) is 6.10. The van der Waals surface area contributed by atoms with Crippen molar-refractivity contribution in [1.82, 2.24) is 0 Å². The maximum absolute atomic E-state index is 11.8. The van der Waals surface area contributed by atoms with Crippen LogP contribution in [0.25, 0.3) is 50.6 Å². The molecule has 1 atom stereocenters. The van der Waals surface area contributed by atoms with Crippen molar-refractivity contribution in [3.63, 3.8) is 0 Å². The predicted octanol–water partition coefficient (Wildman–Crippen LogP) is 13.4. The largest absolute Gasteiger partial charge is 0.507 e. The third-order valence-corrected chi connectivity index (χ3v) is 10.9. The van der Waals surface area contributed by atoms with Gasteiger partial charge in [-0.05, 0) is 125 Å². The molecular weight excluding hydrogens is 663 g/mol. The zero-order chi connectivity index (χ0) is 37.5. The summed E-state index contributed by atoms with van der Waals surface area (Å²) in [5, 5.41) is 35.0. The number of benzene rings is 7. The lowest BCUT2D eigenvalue weighted by molar-refractivity contribution is 0.399. The zero-order valence-electron chi connectivity index (χ0n) is 31.0. The first-order valence-electron chi connectivity index (χ1n) is 18.5. The van der Waals surface area contributed by atoms with Gasteiger partial charge in [0.15, 0.2) is 11.5 Å². The summed E-state index contributed by atoms with van der Waals surface area (Å²) < 4.78 is 0. The number of hydrogen-bond acceptors (Lipinski definition) is 4. The summed E-state index contributed by atoms with van der Waals surface area (Å²) in [5.74, 6) is -0.368. The van der Waals surface area contributed by atoms with E-state index in [0.717, 1.165) is 34.5 Å². The molecule has 0 saturated carbocycles. The summed E-state index contributed by atoms with van der Waals surface area (Å²) in [6, 6.07) is 47.2. The number of aromatic hydroxyl groups is 3. The molecule has 7 aromatic rings. The number of phenols is 3. The predicted molar refractivity (Wildman–Crippen MR) is 224 cm³/mol. The van der Waals surface area contributed by atoms with E-state index in [9.17, 15) is 15.3 Å². The van der Waals surface area contributed by atoms with Gasteiger partial charge in [0.05, 0.1) is 11.3 Å². The molecule has 4 nitrogen and oxygen atoms in total. The van der Waals surface area contributed by atoms with Gasteiger partial charge in [-0.2, -0.15) is 0 Å². The molecule has 0 radical (unpaired) electrons. The molecule has 0 spiro atoms. The highest BCUT2D eigenvalue weighted by Gasteiger charge is 2.28. The van der Waals surface area contributed by atoms with Crippen LogP contribution in [0.2, 0.25) is 0 Å². The number of rotatable bonds is 7. The van der Waals surface area contributed by atoms with Crippen LogP contribution in [0.4, 0.5) is 17.1 Å². The van der Waals surface area contributed by atoms with E-state index in [1.54, 1.807) is 19.1 Å². The molecule has 3 N–H and O–H groups in total. The normalized spacial score (nSPS) is 13.4. The molecule has 0 aromatic heterocycles. The highest BCUT2D eigenvalue weighted by Crippen LogP contribution is 2.54. The van der Waals surface area contributed by atoms with Gasteiger partial charge in [0, 0.05) is 16.9 Å². The topological polar surface area (TPSA) is 63.9 Å². The fourth-order valence-corrected chi connectivity index (χ4v) is 7.99. The van der Waals surface area contributed by atoms with E-state index in [4.69, 9.17) is 0 Å². The quantitative estimate of drug-likeness (QED) is 0.114. The van der Waals surface area contributed by atoms with Crippen LogP contribution in [0.5, 0.6) is 17.2 Å². The van der Waals surface area contributed by atoms with E-state index in [1.807, 2.05) is 47.4 Å². The van der Waals surface area contributed by atoms with Crippen LogP contribution in [0, 0.1) is 20.8 Å². The van der Waals surface area contributed by atoms with Gasteiger partial charge >= 0.3 is 0 Å². The number of fused-ring (bicyclic) bond motifs is 1. The van der Waals surface area contributed by atoms with Crippen LogP contribution < -0.4 is 4.90 Å². The molecule has 54 heavy (non-hydrogen) atoms. The van der Waals surface area contributed by atoms with E-state index in [2.05, 4.69) is 118 Å². The second kappa shape index (κ2) is 14.1. The lowest BCUT2D eigenvalue weighted by Crippen LogP contribution is -2.12. The molecular formula is C50H43NO3. The molecule has 7 aromatic carbocycles. The molecule has 266 valence electrons. The Labute approximate surface area is 317 Å². The summed E-state index contributed by atoms with van der Waals surface area (Å²) in [4.78, 5) is 1.91. The first-order chi connectivity index (χ1) is 26.2. The first-order valence-corrected chi connectivity index (χ1v) is 18.5. The summed E-state index contributed by atoms with van der Waals surface area (Å²) in [6.07, 6.45) is 5.46.